The lowest BCUT2D eigenvalue weighted by atomic mass is 10.2. The molecular formula is C17H16N2O5. The third kappa shape index (κ3) is 4.10. The molecular weight excluding hydrogens is 312 g/mol. The minimum absolute atomic E-state index is 0.246. The maximum atomic E-state index is 12.1. The van der Waals surface area contributed by atoms with Crippen LogP contribution >= 0.6 is 0 Å². The SMILES string of the molecule is COC(=O)c1ccc(NC(=O)Nc2ccccc2C(=O)OC)cc1. The van der Waals surface area contributed by atoms with E-state index in [0.717, 1.165) is 0 Å². The molecule has 0 radical (unpaired) electrons. The van der Waals surface area contributed by atoms with E-state index in [1.165, 1.54) is 26.4 Å². The summed E-state index contributed by atoms with van der Waals surface area (Å²) in [5, 5.41) is 5.18. The van der Waals surface area contributed by atoms with E-state index in [-0.39, 0.29) is 5.56 Å². The summed E-state index contributed by atoms with van der Waals surface area (Å²) >= 11 is 0. The molecule has 2 amide bonds. The number of benzene rings is 2. The van der Waals surface area contributed by atoms with E-state index in [9.17, 15) is 14.4 Å². The highest BCUT2D eigenvalue weighted by Crippen LogP contribution is 2.17. The maximum Gasteiger partial charge on any atom is 0.339 e. The summed E-state index contributed by atoms with van der Waals surface area (Å²) in [5.41, 5.74) is 1.43. The van der Waals surface area contributed by atoms with Crippen molar-refractivity contribution in [2.24, 2.45) is 0 Å². The molecule has 7 nitrogen and oxygen atoms in total. The summed E-state index contributed by atoms with van der Waals surface area (Å²) in [6, 6.07) is 12.2. The van der Waals surface area contributed by atoms with Gasteiger partial charge in [0.15, 0.2) is 0 Å². The normalized spacial score (nSPS) is 9.75. The first kappa shape index (κ1) is 17.0. The Kier molecular flexibility index (Phi) is 5.51. The Labute approximate surface area is 138 Å². The number of urea groups is 1. The highest BCUT2D eigenvalue weighted by Gasteiger charge is 2.13. The Morgan fingerprint density at radius 1 is 0.792 bits per heavy atom. The molecule has 2 rings (SSSR count). The molecule has 24 heavy (non-hydrogen) atoms. The smallest absolute Gasteiger partial charge is 0.339 e. The van der Waals surface area contributed by atoms with E-state index < -0.39 is 18.0 Å². The van der Waals surface area contributed by atoms with Gasteiger partial charge in [-0.05, 0) is 36.4 Å². The second kappa shape index (κ2) is 7.77. The average molecular weight is 328 g/mol. The van der Waals surface area contributed by atoms with Crippen LogP contribution in [0, 0.1) is 0 Å². The molecule has 0 heterocycles. The first-order chi connectivity index (χ1) is 11.5. The van der Waals surface area contributed by atoms with E-state index in [4.69, 9.17) is 0 Å². The van der Waals surface area contributed by atoms with Crippen LogP contribution in [0.4, 0.5) is 16.2 Å². The molecule has 0 unspecified atom stereocenters. The molecule has 2 N–H and O–H groups in total. The van der Waals surface area contributed by atoms with Crippen molar-refractivity contribution < 1.29 is 23.9 Å². The molecule has 0 spiro atoms. The van der Waals surface area contributed by atoms with Gasteiger partial charge in [-0.1, -0.05) is 12.1 Å². The number of nitrogens with one attached hydrogen (secondary N) is 2. The van der Waals surface area contributed by atoms with Crippen LogP contribution in [-0.2, 0) is 9.47 Å². The fraction of sp³-hybridized carbons (Fsp3) is 0.118. The number of amides is 2. The Bertz CT molecular complexity index is 756. The number of ether oxygens (including phenoxy) is 2. The minimum atomic E-state index is -0.548. The van der Waals surface area contributed by atoms with Crippen molar-refractivity contribution in [3.05, 3.63) is 59.7 Å². The molecule has 0 aliphatic carbocycles. The van der Waals surface area contributed by atoms with E-state index in [2.05, 4.69) is 20.1 Å². The highest BCUT2D eigenvalue weighted by atomic mass is 16.5. The summed E-state index contributed by atoms with van der Waals surface area (Å²) in [6.45, 7) is 0. The summed E-state index contributed by atoms with van der Waals surface area (Å²) in [7, 11) is 2.56. The van der Waals surface area contributed by atoms with Gasteiger partial charge in [0, 0.05) is 5.69 Å². The zero-order chi connectivity index (χ0) is 17.5. The van der Waals surface area contributed by atoms with E-state index in [1.807, 2.05) is 0 Å². The summed E-state index contributed by atoms with van der Waals surface area (Å²) < 4.78 is 9.27. The van der Waals surface area contributed by atoms with Crippen LogP contribution in [0.1, 0.15) is 20.7 Å². The predicted octanol–water partition coefficient (Wildman–Crippen LogP) is 2.90. The van der Waals surface area contributed by atoms with Crippen molar-refractivity contribution in [1.29, 1.82) is 0 Å². The zero-order valence-corrected chi connectivity index (χ0v) is 13.2. The Balaban J connectivity index is 2.06. The minimum Gasteiger partial charge on any atom is -0.465 e. The van der Waals surface area contributed by atoms with Crippen LogP contribution in [0.3, 0.4) is 0 Å². The lowest BCUT2D eigenvalue weighted by Gasteiger charge is -2.11. The van der Waals surface area contributed by atoms with Crippen molar-refractivity contribution in [2.75, 3.05) is 24.9 Å². The molecule has 0 aliphatic heterocycles. The number of para-hydroxylation sites is 1. The van der Waals surface area contributed by atoms with Crippen molar-refractivity contribution >= 4 is 29.3 Å². The molecule has 2 aromatic rings. The quantitative estimate of drug-likeness (QED) is 0.842. The average Bonchev–Trinajstić information content (AvgIpc) is 2.61. The predicted molar refractivity (Wildman–Crippen MR) is 88.2 cm³/mol. The molecule has 0 saturated carbocycles. The first-order valence-electron chi connectivity index (χ1n) is 6.99. The molecule has 2 aromatic carbocycles. The second-order valence-corrected chi connectivity index (χ2v) is 4.69. The number of carbonyl (C=O) groups is 3. The maximum absolute atomic E-state index is 12.1. The van der Waals surface area contributed by atoms with Crippen molar-refractivity contribution in [3.63, 3.8) is 0 Å². The number of esters is 2. The Hall–Kier alpha value is -3.35. The Morgan fingerprint density at radius 2 is 1.42 bits per heavy atom. The number of carbonyl (C=O) groups excluding carboxylic acids is 3. The zero-order valence-electron chi connectivity index (χ0n) is 13.2. The van der Waals surface area contributed by atoms with E-state index in [1.54, 1.807) is 36.4 Å². The lowest BCUT2D eigenvalue weighted by Crippen LogP contribution is -2.21. The molecule has 0 fully saturated rings. The molecule has 0 saturated heterocycles. The molecule has 124 valence electrons. The molecule has 7 heteroatoms. The third-order valence-corrected chi connectivity index (χ3v) is 3.14. The third-order valence-electron chi connectivity index (χ3n) is 3.14. The fourth-order valence-electron chi connectivity index (χ4n) is 1.97. The van der Waals surface area contributed by atoms with Gasteiger partial charge < -0.3 is 20.1 Å². The van der Waals surface area contributed by atoms with Crippen LogP contribution in [0.15, 0.2) is 48.5 Å². The van der Waals surface area contributed by atoms with Gasteiger partial charge in [0.2, 0.25) is 0 Å². The topological polar surface area (TPSA) is 93.7 Å². The van der Waals surface area contributed by atoms with Crippen LogP contribution < -0.4 is 10.6 Å². The summed E-state index contributed by atoms with van der Waals surface area (Å²) in [6.07, 6.45) is 0. The van der Waals surface area contributed by atoms with Crippen LogP contribution in [0.2, 0.25) is 0 Å². The second-order valence-electron chi connectivity index (χ2n) is 4.69. The van der Waals surface area contributed by atoms with Crippen molar-refractivity contribution in [1.82, 2.24) is 0 Å². The molecule has 0 bridgehead atoms. The van der Waals surface area contributed by atoms with Crippen molar-refractivity contribution in [2.45, 2.75) is 0 Å². The van der Waals surface area contributed by atoms with Crippen LogP contribution in [0.5, 0.6) is 0 Å². The molecule has 0 atom stereocenters. The van der Waals surface area contributed by atoms with Crippen LogP contribution in [-0.4, -0.2) is 32.2 Å². The monoisotopic (exact) mass is 328 g/mol. The number of anilines is 2. The largest absolute Gasteiger partial charge is 0.465 e. The number of methoxy groups -OCH3 is 2. The van der Waals surface area contributed by atoms with Crippen molar-refractivity contribution in [3.8, 4) is 0 Å². The molecule has 0 aromatic heterocycles. The van der Waals surface area contributed by atoms with Gasteiger partial charge in [-0.25, -0.2) is 14.4 Å². The Morgan fingerprint density at radius 3 is 2.04 bits per heavy atom. The fourth-order valence-corrected chi connectivity index (χ4v) is 1.97. The first-order valence-corrected chi connectivity index (χ1v) is 6.99. The van der Waals surface area contributed by atoms with Gasteiger partial charge >= 0.3 is 18.0 Å². The van der Waals surface area contributed by atoms with E-state index >= 15 is 0 Å². The number of hydrogen-bond acceptors (Lipinski definition) is 5. The highest BCUT2D eigenvalue weighted by molar-refractivity contribution is 6.05. The van der Waals surface area contributed by atoms with Gasteiger partial charge in [-0.15, -0.1) is 0 Å². The van der Waals surface area contributed by atoms with Crippen LogP contribution in [0.25, 0.3) is 0 Å². The van der Waals surface area contributed by atoms with Gasteiger partial charge in [0.25, 0.3) is 0 Å². The summed E-state index contributed by atoms with van der Waals surface area (Å²) in [5.74, 6) is -1.01. The van der Waals surface area contributed by atoms with Gasteiger partial charge in [-0.2, -0.15) is 0 Å². The van der Waals surface area contributed by atoms with E-state index in [0.29, 0.717) is 16.9 Å². The lowest BCUT2D eigenvalue weighted by molar-refractivity contribution is 0.0592. The van der Waals surface area contributed by atoms with Gasteiger partial charge in [0.05, 0.1) is 31.0 Å². The standard InChI is InChI=1S/C17H16N2O5/c1-23-15(20)11-7-9-12(10-8-11)18-17(22)19-14-6-4-3-5-13(14)16(21)24-2/h3-10H,1-2H3,(H2,18,19,22). The van der Waals surface area contributed by atoms with Gasteiger partial charge in [0.1, 0.15) is 0 Å². The number of rotatable bonds is 4. The van der Waals surface area contributed by atoms with Gasteiger partial charge in [-0.3, -0.25) is 0 Å². The number of hydrogen-bond donors (Lipinski definition) is 2. The molecule has 0 aliphatic rings. The summed E-state index contributed by atoms with van der Waals surface area (Å²) in [4.78, 5) is 35.1.